The monoisotopic (exact) mass is 215 g/mol. The second kappa shape index (κ2) is 3.98. The molecule has 78 valence electrons. The smallest absolute Gasteiger partial charge is 0.204 e. The van der Waals surface area contributed by atoms with E-state index in [9.17, 15) is 8.42 Å². The van der Waals surface area contributed by atoms with Crippen LogP contribution >= 0.6 is 0 Å². The van der Waals surface area contributed by atoms with Crippen LogP contribution in [-0.4, -0.2) is 21.5 Å². The molecule has 0 aliphatic carbocycles. The fourth-order valence-corrected chi connectivity index (χ4v) is 2.36. The van der Waals surface area contributed by atoms with Crippen molar-refractivity contribution in [2.24, 2.45) is 0 Å². The van der Waals surface area contributed by atoms with Crippen molar-refractivity contribution >= 4 is 15.5 Å². The number of sulfone groups is 1. The summed E-state index contributed by atoms with van der Waals surface area (Å²) in [7, 11) is -2.07. The van der Waals surface area contributed by atoms with Gasteiger partial charge in [-0.1, -0.05) is 6.07 Å². The average molecular weight is 215 g/mol. The molecule has 0 atom stereocenters. The number of nitrogen functional groups attached to an aromatic ring is 1. The van der Waals surface area contributed by atoms with Crippen molar-refractivity contribution in [3.05, 3.63) is 23.8 Å². The van der Waals surface area contributed by atoms with Gasteiger partial charge in [-0.25, -0.2) is 8.42 Å². The number of nitrogens with two attached hydrogens (primary N) is 1. The van der Waals surface area contributed by atoms with Crippen LogP contribution in [0, 0.1) is 6.92 Å². The van der Waals surface area contributed by atoms with Gasteiger partial charge in [0.05, 0.1) is 10.6 Å². The van der Waals surface area contributed by atoms with Gasteiger partial charge in [0.2, 0.25) is 9.84 Å². The molecule has 0 radical (unpaired) electrons. The highest BCUT2D eigenvalue weighted by Gasteiger charge is 2.17. The van der Waals surface area contributed by atoms with Crippen molar-refractivity contribution < 1.29 is 13.2 Å². The van der Waals surface area contributed by atoms with Gasteiger partial charge in [0.1, 0.15) is 0 Å². The van der Waals surface area contributed by atoms with Crippen molar-refractivity contribution in [3.63, 3.8) is 0 Å². The Hall–Kier alpha value is -1.07. The third-order valence-corrected chi connectivity index (χ3v) is 3.35. The molecule has 1 aromatic carbocycles. The van der Waals surface area contributed by atoms with Crippen LogP contribution in [0.1, 0.15) is 5.56 Å². The van der Waals surface area contributed by atoms with Crippen LogP contribution in [0.4, 0.5) is 5.69 Å². The topological polar surface area (TPSA) is 69.4 Å². The standard InChI is InChI=1S/C9H13NO3S/c1-7-3-4-8(10)9(5-7)14(11,12)6-13-2/h3-5H,6,10H2,1-2H3. The molecule has 0 amide bonds. The summed E-state index contributed by atoms with van der Waals surface area (Å²) in [6, 6.07) is 4.89. The molecule has 0 spiro atoms. The van der Waals surface area contributed by atoms with Gasteiger partial charge >= 0.3 is 0 Å². The van der Waals surface area contributed by atoms with Crippen molar-refractivity contribution in [2.45, 2.75) is 11.8 Å². The van der Waals surface area contributed by atoms with Crippen LogP contribution in [-0.2, 0) is 14.6 Å². The maximum Gasteiger partial charge on any atom is 0.204 e. The molecule has 1 rings (SSSR count). The summed E-state index contributed by atoms with van der Waals surface area (Å²) in [5.41, 5.74) is 6.68. The quantitative estimate of drug-likeness (QED) is 0.762. The number of hydrogen-bond acceptors (Lipinski definition) is 4. The number of methoxy groups -OCH3 is 1. The van der Waals surface area contributed by atoms with Gasteiger partial charge in [0.15, 0.2) is 5.94 Å². The first-order chi connectivity index (χ1) is 6.47. The first-order valence-electron chi connectivity index (χ1n) is 4.05. The summed E-state index contributed by atoms with van der Waals surface area (Å²) in [6.45, 7) is 1.81. The molecule has 0 fully saturated rings. The normalized spacial score (nSPS) is 11.6. The lowest BCUT2D eigenvalue weighted by molar-refractivity contribution is 0.250. The molecule has 0 unspecified atom stereocenters. The van der Waals surface area contributed by atoms with E-state index in [1.807, 2.05) is 6.92 Å². The van der Waals surface area contributed by atoms with Crippen molar-refractivity contribution in [3.8, 4) is 0 Å². The Morgan fingerprint density at radius 2 is 2.07 bits per heavy atom. The van der Waals surface area contributed by atoms with Crippen molar-refractivity contribution in [1.29, 1.82) is 0 Å². The third kappa shape index (κ3) is 2.24. The minimum Gasteiger partial charge on any atom is -0.398 e. The van der Waals surface area contributed by atoms with E-state index in [4.69, 9.17) is 5.73 Å². The van der Waals surface area contributed by atoms with Gasteiger partial charge in [-0.2, -0.15) is 0 Å². The van der Waals surface area contributed by atoms with Gasteiger partial charge in [-0.15, -0.1) is 0 Å². The summed E-state index contributed by atoms with van der Waals surface area (Å²) in [5.74, 6) is -0.347. The Morgan fingerprint density at radius 3 is 2.64 bits per heavy atom. The van der Waals surface area contributed by atoms with E-state index in [0.29, 0.717) is 0 Å². The molecule has 14 heavy (non-hydrogen) atoms. The lowest BCUT2D eigenvalue weighted by Crippen LogP contribution is -2.10. The minimum atomic E-state index is -3.41. The Bertz CT molecular complexity index is 426. The zero-order chi connectivity index (χ0) is 10.8. The lowest BCUT2D eigenvalue weighted by atomic mass is 10.2. The van der Waals surface area contributed by atoms with E-state index in [-0.39, 0.29) is 16.5 Å². The van der Waals surface area contributed by atoms with Crippen LogP contribution < -0.4 is 5.73 Å². The number of anilines is 1. The Balaban J connectivity index is 3.25. The largest absolute Gasteiger partial charge is 0.398 e. The van der Waals surface area contributed by atoms with Gasteiger partial charge < -0.3 is 10.5 Å². The number of ether oxygens (including phenoxy) is 1. The number of aryl methyl sites for hydroxylation is 1. The van der Waals surface area contributed by atoms with Crippen molar-refractivity contribution in [2.75, 3.05) is 18.8 Å². The highest BCUT2D eigenvalue weighted by Crippen LogP contribution is 2.20. The molecular weight excluding hydrogens is 202 g/mol. The summed E-state index contributed by atoms with van der Waals surface area (Å²) in [6.07, 6.45) is 0. The molecule has 0 bridgehead atoms. The minimum absolute atomic E-state index is 0.138. The third-order valence-electron chi connectivity index (χ3n) is 1.78. The summed E-state index contributed by atoms with van der Waals surface area (Å²) < 4.78 is 27.8. The molecule has 4 nitrogen and oxygen atoms in total. The molecule has 0 saturated heterocycles. The fraction of sp³-hybridized carbons (Fsp3) is 0.333. The molecule has 0 aliphatic rings. The predicted octanol–water partition coefficient (Wildman–Crippen LogP) is 0.955. The SMILES string of the molecule is COCS(=O)(=O)c1cc(C)ccc1N. The summed E-state index contributed by atoms with van der Waals surface area (Å²) >= 11 is 0. The van der Waals surface area contributed by atoms with Gasteiger partial charge in [0.25, 0.3) is 0 Å². The fourth-order valence-electron chi connectivity index (χ4n) is 1.13. The molecule has 5 heteroatoms. The zero-order valence-corrected chi connectivity index (χ0v) is 8.97. The molecule has 2 N–H and O–H groups in total. The van der Waals surface area contributed by atoms with E-state index in [2.05, 4.69) is 4.74 Å². The van der Waals surface area contributed by atoms with E-state index in [1.54, 1.807) is 18.2 Å². The summed E-state index contributed by atoms with van der Waals surface area (Å²) in [4.78, 5) is 0.138. The number of benzene rings is 1. The van der Waals surface area contributed by atoms with Crippen LogP contribution in [0.25, 0.3) is 0 Å². The molecule has 0 saturated carbocycles. The van der Waals surface area contributed by atoms with E-state index < -0.39 is 9.84 Å². The maximum absolute atomic E-state index is 11.6. The van der Waals surface area contributed by atoms with Gasteiger partial charge in [-0.05, 0) is 24.6 Å². The second-order valence-corrected chi connectivity index (χ2v) is 4.97. The first kappa shape index (κ1) is 11.0. The maximum atomic E-state index is 11.6. The van der Waals surface area contributed by atoms with E-state index in [1.165, 1.54) is 7.11 Å². The zero-order valence-electron chi connectivity index (χ0n) is 8.15. The Labute approximate surface area is 83.6 Å². The first-order valence-corrected chi connectivity index (χ1v) is 5.70. The van der Waals surface area contributed by atoms with Crippen molar-refractivity contribution in [1.82, 2.24) is 0 Å². The second-order valence-electron chi connectivity index (χ2n) is 3.06. The van der Waals surface area contributed by atoms with Crippen LogP contribution in [0.2, 0.25) is 0 Å². The Morgan fingerprint density at radius 1 is 1.43 bits per heavy atom. The van der Waals surface area contributed by atoms with Crippen LogP contribution in [0.15, 0.2) is 23.1 Å². The molecule has 1 aromatic rings. The number of rotatable bonds is 3. The molecular formula is C9H13NO3S. The molecule has 0 heterocycles. The van der Waals surface area contributed by atoms with Gasteiger partial charge in [-0.3, -0.25) is 0 Å². The highest BCUT2D eigenvalue weighted by atomic mass is 32.2. The molecule has 0 aromatic heterocycles. The lowest BCUT2D eigenvalue weighted by Gasteiger charge is -2.07. The average Bonchev–Trinajstić information content (AvgIpc) is 2.09. The van der Waals surface area contributed by atoms with Crippen LogP contribution in [0.3, 0.4) is 0 Å². The number of hydrogen-bond donors (Lipinski definition) is 1. The van der Waals surface area contributed by atoms with E-state index >= 15 is 0 Å². The van der Waals surface area contributed by atoms with Crippen LogP contribution in [0.5, 0.6) is 0 Å². The molecule has 0 aliphatic heterocycles. The van der Waals surface area contributed by atoms with E-state index in [0.717, 1.165) is 5.56 Å². The Kier molecular flexibility index (Phi) is 3.13. The predicted molar refractivity (Wildman–Crippen MR) is 54.7 cm³/mol. The van der Waals surface area contributed by atoms with Gasteiger partial charge in [0, 0.05) is 7.11 Å². The summed E-state index contributed by atoms with van der Waals surface area (Å²) in [5, 5.41) is 0. The highest BCUT2D eigenvalue weighted by molar-refractivity contribution is 7.91.